The Bertz CT molecular complexity index is 1460. The second-order valence-corrected chi connectivity index (χ2v) is 7.97. The van der Waals surface area contributed by atoms with Crippen molar-refractivity contribution >= 4 is 28.5 Å². The lowest BCUT2D eigenvalue weighted by Gasteiger charge is -2.30. The van der Waals surface area contributed by atoms with Crippen LogP contribution in [0.1, 0.15) is 35.8 Å². The molecular weight excluding hydrogens is 432 g/mol. The van der Waals surface area contributed by atoms with Crippen LogP contribution in [0.5, 0.6) is 5.75 Å². The van der Waals surface area contributed by atoms with Crippen molar-refractivity contribution in [2.75, 3.05) is 11.9 Å². The highest BCUT2D eigenvalue weighted by Crippen LogP contribution is 2.42. The maximum absolute atomic E-state index is 13.8. The number of nitro groups is 1. The zero-order chi connectivity index (χ0) is 23.8. The molecular formula is C26H22N4O4. The maximum Gasteiger partial charge on any atom is 0.311 e. The molecule has 4 aromatic rings. The van der Waals surface area contributed by atoms with E-state index in [1.165, 1.54) is 6.07 Å². The van der Waals surface area contributed by atoms with Crippen LogP contribution in [0.3, 0.4) is 0 Å². The number of hydrogen-bond acceptors (Lipinski definition) is 6. The number of ketones is 1. The van der Waals surface area contributed by atoms with Crippen LogP contribution >= 0.6 is 0 Å². The minimum Gasteiger partial charge on any atom is -0.487 e. The minimum atomic E-state index is -0.620. The van der Waals surface area contributed by atoms with Crippen molar-refractivity contribution in [2.24, 2.45) is 0 Å². The van der Waals surface area contributed by atoms with Gasteiger partial charge in [-0.3, -0.25) is 19.5 Å². The highest BCUT2D eigenvalue weighted by molar-refractivity contribution is 6.11. The Labute approximate surface area is 195 Å². The van der Waals surface area contributed by atoms with Crippen LogP contribution < -0.4 is 10.1 Å². The molecule has 8 nitrogen and oxygen atoms in total. The van der Waals surface area contributed by atoms with Crippen molar-refractivity contribution in [3.8, 4) is 5.75 Å². The van der Waals surface area contributed by atoms with Gasteiger partial charge in [-0.1, -0.05) is 48.5 Å². The Morgan fingerprint density at radius 1 is 1.12 bits per heavy atom. The molecule has 1 aliphatic rings. The first kappa shape index (κ1) is 21.4. The lowest BCUT2D eigenvalue weighted by molar-refractivity contribution is -0.385. The predicted octanol–water partition coefficient (Wildman–Crippen LogP) is 5.52. The van der Waals surface area contributed by atoms with E-state index in [-0.39, 0.29) is 17.2 Å². The number of ether oxygens (including phenoxy) is 1. The van der Waals surface area contributed by atoms with Gasteiger partial charge in [-0.05, 0) is 37.6 Å². The number of Topliss-reactive ketones (excluding diaryl/α,β-unsaturated/α-hetero) is 1. The summed E-state index contributed by atoms with van der Waals surface area (Å²) in [5.41, 5.74) is 3.72. The van der Waals surface area contributed by atoms with Crippen LogP contribution in [-0.4, -0.2) is 26.9 Å². The molecule has 34 heavy (non-hydrogen) atoms. The number of anilines is 1. The lowest BCUT2D eigenvalue weighted by Crippen LogP contribution is -2.28. The summed E-state index contributed by atoms with van der Waals surface area (Å²) < 4.78 is 7.41. The topological polar surface area (TPSA) is 99.3 Å². The van der Waals surface area contributed by atoms with E-state index in [1.54, 1.807) is 31.2 Å². The number of imidazole rings is 1. The minimum absolute atomic E-state index is 0.145. The molecule has 8 heteroatoms. The van der Waals surface area contributed by atoms with Gasteiger partial charge in [0.05, 0.1) is 28.6 Å². The Hall–Kier alpha value is -4.46. The summed E-state index contributed by atoms with van der Waals surface area (Å²) in [4.78, 5) is 29.9. The summed E-state index contributed by atoms with van der Waals surface area (Å²) in [7, 11) is 0. The fourth-order valence-corrected chi connectivity index (χ4v) is 4.44. The first-order valence-electron chi connectivity index (χ1n) is 10.9. The number of aromatic nitrogens is 2. The summed E-state index contributed by atoms with van der Waals surface area (Å²) >= 11 is 0. The number of fused-ring (bicyclic) bond motifs is 3. The standard InChI is InChI=1S/C26H22N4O4/c1-3-34-22-14-13-18(15-21(22)30(32)33)24-23(25(31)17-9-5-4-6-10-17)16(2)27-26-28-19-11-7-8-12-20(19)29(24)26/h4-15,24H,3H2,1-2H3,(H,27,28). The van der Waals surface area contributed by atoms with Crippen LogP contribution in [0.25, 0.3) is 11.0 Å². The first-order valence-corrected chi connectivity index (χ1v) is 10.9. The van der Waals surface area contributed by atoms with Gasteiger partial charge in [-0.15, -0.1) is 0 Å². The van der Waals surface area contributed by atoms with Gasteiger partial charge in [0.25, 0.3) is 0 Å². The third-order valence-corrected chi connectivity index (χ3v) is 5.91. The monoisotopic (exact) mass is 454 g/mol. The van der Waals surface area contributed by atoms with Gasteiger partial charge in [0.2, 0.25) is 5.95 Å². The van der Waals surface area contributed by atoms with Crippen molar-refractivity contribution < 1.29 is 14.5 Å². The maximum atomic E-state index is 13.8. The van der Waals surface area contributed by atoms with Gasteiger partial charge in [0.15, 0.2) is 11.5 Å². The summed E-state index contributed by atoms with van der Waals surface area (Å²) in [6.45, 7) is 3.91. The van der Waals surface area contributed by atoms with Gasteiger partial charge >= 0.3 is 5.69 Å². The lowest BCUT2D eigenvalue weighted by atomic mass is 9.89. The van der Waals surface area contributed by atoms with E-state index in [0.29, 0.717) is 35.0 Å². The molecule has 2 heterocycles. The number of hydrogen-bond donors (Lipinski definition) is 1. The third kappa shape index (κ3) is 3.49. The molecule has 1 unspecified atom stereocenters. The SMILES string of the molecule is CCOc1ccc(C2C(C(=O)c3ccccc3)=C(C)Nc3nc4ccccc4n32)cc1[N+](=O)[O-]. The third-order valence-electron chi connectivity index (χ3n) is 5.91. The molecule has 0 spiro atoms. The zero-order valence-corrected chi connectivity index (χ0v) is 18.7. The summed E-state index contributed by atoms with van der Waals surface area (Å²) in [6.07, 6.45) is 0. The molecule has 3 aromatic carbocycles. The predicted molar refractivity (Wildman–Crippen MR) is 129 cm³/mol. The molecule has 1 aliphatic heterocycles. The van der Waals surface area contributed by atoms with Gasteiger partial charge in [-0.25, -0.2) is 4.98 Å². The zero-order valence-electron chi connectivity index (χ0n) is 18.7. The van der Waals surface area contributed by atoms with Crippen LogP contribution in [0, 0.1) is 10.1 Å². The summed E-state index contributed by atoms with van der Waals surface area (Å²) in [5, 5.41) is 15.1. The quantitative estimate of drug-likeness (QED) is 0.234. The van der Waals surface area contributed by atoms with Crippen LogP contribution in [0.2, 0.25) is 0 Å². The number of para-hydroxylation sites is 2. The van der Waals surface area contributed by atoms with E-state index in [9.17, 15) is 14.9 Å². The smallest absolute Gasteiger partial charge is 0.311 e. The molecule has 0 saturated carbocycles. The summed E-state index contributed by atoms with van der Waals surface area (Å²) in [6, 6.07) is 20.9. The molecule has 170 valence electrons. The fourth-order valence-electron chi connectivity index (χ4n) is 4.44. The van der Waals surface area contributed by atoms with Gasteiger partial charge in [0, 0.05) is 22.9 Å². The second-order valence-electron chi connectivity index (χ2n) is 7.97. The average molecular weight is 454 g/mol. The number of allylic oxidation sites excluding steroid dienone is 2. The van der Waals surface area contributed by atoms with Crippen molar-refractivity contribution in [2.45, 2.75) is 19.9 Å². The number of nitro benzene ring substituents is 1. The van der Waals surface area contributed by atoms with Crippen molar-refractivity contribution in [3.05, 3.63) is 105 Å². The Morgan fingerprint density at radius 3 is 2.59 bits per heavy atom. The fraction of sp³-hybridized carbons (Fsp3) is 0.154. The molecule has 0 aliphatic carbocycles. The number of carbonyl (C=O) groups excluding carboxylic acids is 1. The Balaban J connectivity index is 1.76. The molecule has 5 rings (SSSR count). The molecule has 0 amide bonds. The number of nitrogens with zero attached hydrogens (tertiary/aromatic N) is 3. The van der Waals surface area contributed by atoms with Crippen molar-refractivity contribution in [3.63, 3.8) is 0 Å². The van der Waals surface area contributed by atoms with Crippen LogP contribution in [0.15, 0.2) is 84.1 Å². The molecule has 0 radical (unpaired) electrons. The molecule has 1 aromatic heterocycles. The number of benzene rings is 3. The molecule has 1 atom stereocenters. The van der Waals surface area contributed by atoms with E-state index in [2.05, 4.69) is 5.32 Å². The van der Waals surface area contributed by atoms with E-state index in [0.717, 1.165) is 11.0 Å². The highest BCUT2D eigenvalue weighted by atomic mass is 16.6. The van der Waals surface area contributed by atoms with E-state index in [4.69, 9.17) is 9.72 Å². The molecule has 1 N–H and O–H groups in total. The Kier molecular flexibility index (Phi) is 5.33. The van der Waals surface area contributed by atoms with E-state index in [1.807, 2.05) is 54.0 Å². The average Bonchev–Trinajstić information content (AvgIpc) is 3.21. The first-order chi connectivity index (χ1) is 16.5. The molecule has 0 bridgehead atoms. The van der Waals surface area contributed by atoms with Gasteiger partial charge < -0.3 is 10.1 Å². The van der Waals surface area contributed by atoms with Gasteiger partial charge in [-0.2, -0.15) is 0 Å². The van der Waals surface area contributed by atoms with Crippen molar-refractivity contribution in [1.29, 1.82) is 0 Å². The largest absolute Gasteiger partial charge is 0.487 e. The van der Waals surface area contributed by atoms with Crippen LogP contribution in [0.4, 0.5) is 11.6 Å². The number of rotatable bonds is 6. The summed E-state index contributed by atoms with van der Waals surface area (Å²) in [5.74, 6) is 0.609. The Morgan fingerprint density at radius 2 is 1.85 bits per heavy atom. The number of carbonyl (C=O) groups is 1. The second kappa shape index (κ2) is 8.47. The normalized spacial score (nSPS) is 15.1. The van der Waals surface area contributed by atoms with Crippen molar-refractivity contribution in [1.82, 2.24) is 9.55 Å². The highest BCUT2D eigenvalue weighted by Gasteiger charge is 2.35. The van der Waals surface area contributed by atoms with E-state index >= 15 is 0 Å². The number of nitrogens with one attached hydrogen (secondary N) is 1. The van der Waals surface area contributed by atoms with Crippen LogP contribution in [-0.2, 0) is 0 Å². The molecule has 0 fully saturated rings. The molecule has 0 saturated heterocycles. The van der Waals surface area contributed by atoms with E-state index < -0.39 is 11.0 Å². The van der Waals surface area contributed by atoms with Gasteiger partial charge in [0.1, 0.15) is 0 Å².